The van der Waals surface area contributed by atoms with Crippen LogP contribution in [0.15, 0.2) is 40.9 Å². The molecule has 3 aromatic rings. The summed E-state index contributed by atoms with van der Waals surface area (Å²) in [5.41, 5.74) is 6.72. The first-order valence-electron chi connectivity index (χ1n) is 11.1. The normalized spacial score (nSPS) is 18.8. The van der Waals surface area contributed by atoms with Crippen molar-refractivity contribution in [2.24, 2.45) is 0 Å². The lowest BCUT2D eigenvalue weighted by molar-refractivity contribution is 0.0736. The van der Waals surface area contributed by atoms with Gasteiger partial charge in [0.15, 0.2) is 0 Å². The summed E-state index contributed by atoms with van der Waals surface area (Å²) in [6.45, 7) is 12.6. The Morgan fingerprint density at radius 3 is 2.31 bits per heavy atom. The molecule has 1 aromatic heterocycles. The predicted octanol–water partition coefficient (Wildman–Crippen LogP) is 4.42. The summed E-state index contributed by atoms with van der Waals surface area (Å²) in [6, 6.07) is 12.2. The van der Waals surface area contributed by atoms with Crippen LogP contribution in [-0.2, 0) is 13.2 Å². The minimum absolute atomic E-state index is 0.228. The Morgan fingerprint density at radius 2 is 1.69 bits per heavy atom. The Labute approximate surface area is 189 Å². The molecule has 0 amide bonds. The highest BCUT2D eigenvalue weighted by Crippen LogP contribution is 2.25. The minimum atomic E-state index is -0.505. The van der Waals surface area contributed by atoms with Crippen molar-refractivity contribution < 1.29 is 19.1 Å². The third kappa shape index (κ3) is 4.97. The highest BCUT2D eigenvalue weighted by Gasteiger charge is 2.33. The molecule has 1 saturated heterocycles. The lowest BCUT2D eigenvalue weighted by Gasteiger charge is -2.19. The van der Waals surface area contributed by atoms with Gasteiger partial charge in [-0.15, -0.1) is 0 Å². The van der Waals surface area contributed by atoms with Crippen LogP contribution in [0.1, 0.15) is 39.3 Å². The van der Waals surface area contributed by atoms with Crippen LogP contribution in [0.3, 0.4) is 0 Å². The fourth-order valence-corrected chi connectivity index (χ4v) is 4.13. The van der Waals surface area contributed by atoms with Gasteiger partial charge in [-0.25, -0.2) is 0 Å². The lowest BCUT2D eigenvalue weighted by atomic mass is 10.0. The molecule has 4 rings (SSSR count). The average Bonchev–Trinajstić information content (AvgIpc) is 3.26. The highest BCUT2D eigenvalue weighted by atomic mass is 16.5. The van der Waals surface area contributed by atoms with E-state index in [1.54, 1.807) is 0 Å². The molecule has 0 unspecified atom stereocenters. The molecule has 2 atom stereocenters. The SMILES string of the molecule is Cc1cc(O[C@H]2CN(Cc3ccc(OCc4c(C)noc4C)cc3)C[C@@H]2O)cc(C)c1C. The van der Waals surface area contributed by atoms with Crippen molar-refractivity contribution in [2.45, 2.75) is 60.0 Å². The van der Waals surface area contributed by atoms with Crippen LogP contribution in [0, 0.1) is 34.6 Å². The fourth-order valence-electron chi connectivity index (χ4n) is 4.13. The summed E-state index contributed by atoms with van der Waals surface area (Å²) in [5, 5.41) is 14.5. The van der Waals surface area contributed by atoms with Gasteiger partial charge >= 0.3 is 0 Å². The van der Waals surface area contributed by atoms with Crippen LogP contribution >= 0.6 is 0 Å². The van der Waals surface area contributed by atoms with Gasteiger partial charge in [-0.3, -0.25) is 4.90 Å². The van der Waals surface area contributed by atoms with Crippen LogP contribution < -0.4 is 9.47 Å². The van der Waals surface area contributed by atoms with E-state index < -0.39 is 6.10 Å². The molecule has 1 aliphatic rings. The van der Waals surface area contributed by atoms with Crippen molar-refractivity contribution >= 4 is 0 Å². The first-order chi connectivity index (χ1) is 15.3. The summed E-state index contributed by atoms with van der Waals surface area (Å²) >= 11 is 0. The number of aliphatic hydroxyl groups is 1. The van der Waals surface area contributed by atoms with Gasteiger partial charge in [0.05, 0.1) is 11.3 Å². The van der Waals surface area contributed by atoms with Crippen molar-refractivity contribution in [3.63, 3.8) is 0 Å². The maximum absolute atomic E-state index is 10.5. The maximum atomic E-state index is 10.5. The molecule has 6 heteroatoms. The molecule has 2 aromatic carbocycles. The standard InChI is InChI=1S/C26H32N2O4/c1-16-10-23(11-17(2)18(16)3)31-26-14-28(13-25(26)29)12-21-6-8-22(9-7-21)30-15-24-19(4)27-32-20(24)5/h6-11,25-26,29H,12-15H2,1-5H3/t25-,26-/m0/s1. The van der Waals surface area contributed by atoms with E-state index in [0.29, 0.717) is 19.7 Å². The van der Waals surface area contributed by atoms with Gasteiger partial charge in [0, 0.05) is 19.6 Å². The number of aliphatic hydroxyl groups excluding tert-OH is 1. The van der Waals surface area contributed by atoms with Crippen LogP contribution in [0.25, 0.3) is 0 Å². The Morgan fingerprint density at radius 1 is 1.00 bits per heavy atom. The van der Waals surface area contributed by atoms with Gasteiger partial charge in [-0.1, -0.05) is 17.3 Å². The van der Waals surface area contributed by atoms with Crippen molar-refractivity contribution in [2.75, 3.05) is 13.1 Å². The van der Waals surface area contributed by atoms with E-state index in [2.05, 4.69) is 55.1 Å². The zero-order chi connectivity index (χ0) is 22.8. The molecule has 32 heavy (non-hydrogen) atoms. The predicted molar refractivity (Wildman–Crippen MR) is 123 cm³/mol. The molecule has 0 aliphatic carbocycles. The Bertz CT molecular complexity index is 1030. The van der Waals surface area contributed by atoms with Crippen LogP contribution in [0.4, 0.5) is 0 Å². The van der Waals surface area contributed by atoms with Crippen LogP contribution in [0.5, 0.6) is 11.5 Å². The van der Waals surface area contributed by atoms with Crippen LogP contribution in [-0.4, -0.2) is 40.5 Å². The molecular formula is C26H32N2O4. The molecule has 0 spiro atoms. The molecule has 0 bridgehead atoms. The van der Waals surface area contributed by atoms with E-state index >= 15 is 0 Å². The third-order valence-corrected chi connectivity index (χ3v) is 6.39. The molecule has 0 radical (unpaired) electrons. The highest BCUT2D eigenvalue weighted by molar-refractivity contribution is 5.40. The Balaban J connectivity index is 1.32. The van der Waals surface area contributed by atoms with Crippen molar-refractivity contribution in [1.82, 2.24) is 10.1 Å². The van der Waals surface area contributed by atoms with Crippen molar-refractivity contribution in [3.8, 4) is 11.5 Å². The fraction of sp³-hybridized carbons (Fsp3) is 0.423. The van der Waals surface area contributed by atoms with Crippen molar-refractivity contribution in [1.29, 1.82) is 0 Å². The monoisotopic (exact) mass is 436 g/mol. The number of aromatic nitrogens is 1. The van der Waals surface area contributed by atoms with Gasteiger partial charge in [-0.05, 0) is 81.1 Å². The summed E-state index contributed by atoms with van der Waals surface area (Å²) in [6.07, 6.45) is -0.733. The number of aryl methyl sites for hydroxylation is 4. The molecule has 1 fully saturated rings. The van der Waals surface area contributed by atoms with E-state index in [9.17, 15) is 5.11 Å². The van der Waals surface area contributed by atoms with Gasteiger partial charge in [-0.2, -0.15) is 0 Å². The summed E-state index contributed by atoms with van der Waals surface area (Å²) in [4.78, 5) is 2.23. The number of benzene rings is 2. The zero-order valence-corrected chi connectivity index (χ0v) is 19.5. The first-order valence-corrected chi connectivity index (χ1v) is 11.1. The Kier molecular flexibility index (Phi) is 6.53. The molecule has 2 heterocycles. The number of hydrogen-bond donors (Lipinski definition) is 1. The minimum Gasteiger partial charge on any atom is -0.489 e. The Hall–Kier alpha value is -2.83. The molecule has 6 nitrogen and oxygen atoms in total. The molecule has 0 saturated carbocycles. The van der Waals surface area contributed by atoms with E-state index in [1.165, 1.54) is 22.3 Å². The summed E-state index contributed by atoms with van der Waals surface area (Å²) < 4.78 is 17.2. The lowest BCUT2D eigenvalue weighted by Crippen LogP contribution is -2.30. The van der Waals surface area contributed by atoms with E-state index in [0.717, 1.165) is 35.1 Å². The number of hydrogen-bond acceptors (Lipinski definition) is 6. The topological polar surface area (TPSA) is 68.0 Å². The van der Waals surface area contributed by atoms with E-state index in [1.807, 2.05) is 26.0 Å². The van der Waals surface area contributed by atoms with Crippen molar-refractivity contribution in [3.05, 3.63) is 75.7 Å². The zero-order valence-electron chi connectivity index (χ0n) is 19.5. The third-order valence-electron chi connectivity index (χ3n) is 6.39. The number of nitrogens with zero attached hydrogens (tertiary/aromatic N) is 2. The average molecular weight is 437 g/mol. The van der Waals surface area contributed by atoms with Gasteiger partial charge < -0.3 is 19.1 Å². The smallest absolute Gasteiger partial charge is 0.140 e. The van der Waals surface area contributed by atoms with Gasteiger partial charge in [0.2, 0.25) is 0 Å². The quantitative estimate of drug-likeness (QED) is 0.591. The number of ether oxygens (including phenoxy) is 2. The largest absolute Gasteiger partial charge is 0.489 e. The second-order valence-electron chi connectivity index (χ2n) is 8.84. The summed E-state index contributed by atoms with van der Waals surface area (Å²) in [5.74, 6) is 2.43. The number of β-amino-alcohol motifs (C(OH)–C–C–N with tert-alkyl or cyclic N) is 1. The second kappa shape index (κ2) is 9.35. The molecule has 1 N–H and O–H groups in total. The molecule has 1 aliphatic heterocycles. The molecular weight excluding hydrogens is 404 g/mol. The van der Waals surface area contributed by atoms with Gasteiger partial charge in [0.25, 0.3) is 0 Å². The first kappa shape index (κ1) is 22.4. The summed E-state index contributed by atoms with van der Waals surface area (Å²) in [7, 11) is 0. The van der Waals surface area contributed by atoms with Crippen LogP contribution in [0.2, 0.25) is 0 Å². The van der Waals surface area contributed by atoms with E-state index in [-0.39, 0.29) is 6.10 Å². The van der Waals surface area contributed by atoms with Gasteiger partial charge in [0.1, 0.15) is 36.1 Å². The van der Waals surface area contributed by atoms with E-state index in [4.69, 9.17) is 14.0 Å². The second-order valence-corrected chi connectivity index (χ2v) is 8.84. The maximum Gasteiger partial charge on any atom is 0.140 e. The molecule has 170 valence electrons. The number of rotatable bonds is 7. The number of likely N-dealkylation sites (tertiary alicyclic amines) is 1.